The maximum atomic E-state index is 5.24. The summed E-state index contributed by atoms with van der Waals surface area (Å²) in [4.78, 5) is 4.14. The summed E-state index contributed by atoms with van der Waals surface area (Å²) < 4.78 is 5.24. The Hall–Kier alpha value is -0.770. The Kier molecular flexibility index (Phi) is 6.16. The van der Waals surface area contributed by atoms with Crippen LogP contribution in [0.2, 0.25) is 0 Å². The van der Waals surface area contributed by atoms with E-state index in [0.29, 0.717) is 0 Å². The van der Waals surface area contributed by atoms with Crippen LogP contribution < -0.4 is 10.6 Å². The van der Waals surface area contributed by atoms with Crippen LogP contribution >= 0.6 is 0 Å². The largest absolute Gasteiger partial charge is 0.380 e. The molecule has 1 rings (SSSR count). The second-order valence-electron chi connectivity index (χ2n) is 3.85. The van der Waals surface area contributed by atoms with E-state index in [1.807, 2.05) is 6.92 Å². The van der Waals surface area contributed by atoms with Crippen LogP contribution in [0.5, 0.6) is 0 Å². The lowest BCUT2D eigenvalue weighted by Crippen LogP contribution is -2.39. The molecule has 1 fully saturated rings. The Labute approximate surface area is 92.5 Å². The third kappa shape index (κ3) is 6.33. The van der Waals surface area contributed by atoms with Gasteiger partial charge in [0.15, 0.2) is 5.96 Å². The summed E-state index contributed by atoms with van der Waals surface area (Å²) in [6.07, 6.45) is 4.10. The lowest BCUT2D eigenvalue weighted by molar-refractivity contribution is 0.152. The Morgan fingerprint density at radius 1 is 1.33 bits per heavy atom. The molecule has 4 heteroatoms. The molecular formula is C11H23N3O. The standard InChI is InChI=1S/C11H23N3O/c1-3-15-9-8-14-11(12-2)13-7-6-10-4-5-10/h10H,3-9H2,1-2H3,(H2,12,13,14). The zero-order valence-electron chi connectivity index (χ0n) is 9.88. The van der Waals surface area contributed by atoms with Gasteiger partial charge in [-0.3, -0.25) is 4.99 Å². The predicted molar refractivity (Wildman–Crippen MR) is 63.2 cm³/mol. The summed E-state index contributed by atoms with van der Waals surface area (Å²) in [6, 6.07) is 0. The third-order valence-electron chi connectivity index (χ3n) is 2.51. The number of nitrogens with one attached hydrogen (secondary N) is 2. The summed E-state index contributed by atoms with van der Waals surface area (Å²) in [5, 5.41) is 6.51. The first-order valence-electron chi connectivity index (χ1n) is 5.89. The van der Waals surface area contributed by atoms with E-state index in [9.17, 15) is 0 Å². The van der Waals surface area contributed by atoms with Crippen LogP contribution in [-0.4, -0.2) is 39.3 Å². The van der Waals surface area contributed by atoms with Gasteiger partial charge in [-0.2, -0.15) is 0 Å². The zero-order chi connectivity index (χ0) is 10.9. The van der Waals surface area contributed by atoms with Gasteiger partial charge in [-0.15, -0.1) is 0 Å². The van der Waals surface area contributed by atoms with Crippen LogP contribution in [0.1, 0.15) is 26.2 Å². The normalized spacial score (nSPS) is 16.5. The number of hydrogen-bond acceptors (Lipinski definition) is 2. The smallest absolute Gasteiger partial charge is 0.191 e. The van der Waals surface area contributed by atoms with E-state index in [2.05, 4.69) is 15.6 Å². The average molecular weight is 213 g/mol. The number of guanidine groups is 1. The fourth-order valence-electron chi connectivity index (χ4n) is 1.41. The summed E-state index contributed by atoms with van der Waals surface area (Å²) >= 11 is 0. The number of ether oxygens (including phenoxy) is 1. The molecule has 2 N–H and O–H groups in total. The highest BCUT2D eigenvalue weighted by Crippen LogP contribution is 2.31. The van der Waals surface area contributed by atoms with Crippen LogP contribution in [0.4, 0.5) is 0 Å². The van der Waals surface area contributed by atoms with Crippen molar-refractivity contribution in [1.82, 2.24) is 10.6 Å². The second-order valence-corrected chi connectivity index (χ2v) is 3.85. The molecule has 1 saturated carbocycles. The lowest BCUT2D eigenvalue weighted by Gasteiger charge is -2.11. The number of nitrogens with zero attached hydrogens (tertiary/aromatic N) is 1. The summed E-state index contributed by atoms with van der Waals surface area (Å²) in [5.41, 5.74) is 0. The molecule has 0 aromatic carbocycles. The summed E-state index contributed by atoms with van der Waals surface area (Å²) in [6.45, 7) is 5.35. The quantitative estimate of drug-likeness (QED) is 0.376. The van der Waals surface area contributed by atoms with Gasteiger partial charge in [0.2, 0.25) is 0 Å². The topological polar surface area (TPSA) is 45.6 Å². The van der Waals surface area contributed by atoms with Crippen molar-refractivity contribution in [3.05, 3.63) is 0 Å². The molecule has 0 radical (unpaired) electrons. The van der Waals surface area contributed by atoms with Crippen LogP contribution in [-0.2, 0) is 4.74 Å². The van der Waals surface area contributed by atoms with Gasteiger partial charge in [0.1, 0.15) is 0 Å². The van der Waals surface area contributed by atoms with Crippen molar-refractivity contribution in [3.8, 4) is 0 Å². The van der Waals surface area contributed by atoms with Gasteiger partial charge in [-0.1, -0.05) is 12.8 Å². The molecular weight excluding hydrogens is 190 g/mol. The predicted octanol–water partition coefficient (Wildman–Crippen LogP) is 0.988. The highest BCUT2D eigenvalue weighted by atomic mass is 16.5. The van der Waals surface area contributed by atoms with E-state index < -0.39 is 0 Å². The number of rotatable bonds is 7. The van der Waals surface area contributed by atoms with Crippen LogP contribution in [0.15, 0.2) is 4.99 Å². The van der Waals surface area contributed by atoms with Gasteiger partial charge < -0.3 is 15.4 Å². The van der Waals surface area contributed by atoms with Crippen molar-refractivity contribution in [3.63, 3.8) is 0 Å². The maximum Gasteiger partial charge on any atom is 0.191 e. The number of aliphatic imine (C=N–C) groups is 1. The van der Waals surface area contributed by atoms with Gasteiger partial charge in [0.05, 0.1) is 6.61 Å². The summed E-state index contributed by atoms with van der Waals surface area (Å²) in [7, 11) is 1.80. The molecule has 0 aliphatic heterocycles. The maximum absolute atomic E-state index is 5.24. The highest BCUT2D eigenvalue weighted by molar-refractivity contribution is 5.79. The highest BCUT2D eigenvalue weighted by Gasteiger charge is 2.20. The fourth-order valence-corrected chi connectivity index (χ4v) is 1.41. The van der Waals surface area contributed by atoms with E-state index in [1.165, 1.54) is 19.3 Å². The molecule has 0 aromatic heterocycles. The van der Waals surface area contributed by atoms with Gasteiger partial charge in [0.25, 0.3) is 0 Å². The van der Waals surface area contributed by atoms with Gasteiger partial charge in [0, 0.05) is 26.7 Å². The SMILES string of the molecule is CCOCCNC(=NC)NCCC1CC1. The van der Waals surface area contributed by atoms with Gasteiger partial charge in [-0.05, 0) is 19.3 Å². The molecule has 88 valence electrons. The number of hydrogen-bond donors (Lipinski definition) is 2. The van der Waals surface area contributed by atoms with Crippen LogP contribution in [0.3, 0.4) is 0 Å². The molecule has 4 nitrogen and oxygen atoms in total. The van der Waals surface area contributed by atoms with Crippen molar-refractivity contribution in [2.75, 3.05) is 33.4 Å². The minimum absolute atomic E-state index is 0.736. The van der Waals surface area contributed by atoms with Crippen molar-refractivity contribution < 1.29 is 4.74 Å². The van der Waals surface area contributed by atoms with Gasteiger partial charge >= 0.3 is 0 Å². The van der Waals surface area contributed by atoms with E-state index in [1.54, 1.807) is 7.05 Å². The Morgan fingerprint density at radius 2 is 2.07 bits per heavy atom. The van der Waals surface area contributed by atoms with Crippen molar-refractivity contribution in [2.45, 2.75) is 26.2 Å². The molecule has 0 unspecified atom stereocenters. The first kappa shape index (κ1) is 12.3. The van der Waals surface area contributed by atoms with Crippen LogP contribution in [0, 0.1) is 5.92 Å². The third-order valence-corrected chi connectivity index (χ3v) is 2.51. The first-order valence-corrected chi connectivity index (χ1v) is 5.89. The summed E-state index contributed by atoms with van der Waals surface area (Å²) in [5.74, 6) is 1.86. The second kappa shape index (κ2) is 7.51. The molecule has 0 heterocycles. The van der Waals surface area contributed by atoms with E-state index in [-0.39, 0.29) is 0 Å². The monoisotopic (exact) mass is 213 g/mol. The lowest BCUT2D eigenvalue weighted by atomic mass is 10.3. The molecule has 0 aromatic rings. The Bertz CT molecular complexity index is 190. The molecule has 0 spiro atoms. The molecule has 0 amide bonds. The first-order chi connectivity index (χ1) is 7.36. The van der Waals surface area contributed by atoms with Crippen molar-refractivity contribution in [2.24, 2.45) is 10.9 Å². The zero-order valence-corrected chi connectivity index (χ0v) is 9.88. The molecule has 0 bridgehead atoms. The minimum Gasteiger partial charge on any atom is -0.380 e. The molecule has 0 saturated heterocycles. The molecule has 1 aliphatic carbocycles. The fraction of sp³-hybridized carbons (Fsp3) is 0.909. The van der Waals surface area contributed by atoms with E-state index >= 15 is 0 Å². The van der Waals surface area contributed by atoms with E-state index in [0.717, 1.165) is 38.2 Å². The Morgan fingerprint density at radius 3 is 2.67 bits per heavy atom. The van der Waals surface area contributed by atoms with Crippen molar-refractivity contribution in [1.29, 1.82) is 0 Å². The van der Waals surface area contributed by atoms with Gasteiger partial charge in [-0.25, -0.2) is 0 Å². The van der Waals surface area contributed by atoms with E-state index in [4.69, 9.17) is 4.74 Å². The minimum atomic E-state index is 0.736. The molecule has 1 aliphatic rings. The van der Waals surface area contributed by atoms with Crippen LogP contribution in [0.25, 0.3) is 0 Å². The molecule has 15 heavy (non-hydrogen) atoms. The average Bonchev–Trinajstić information content (AvgIpc) is 3.05. The van der Waals surface area contributed by atoms with Crippen molar-refractivity contribution >= 4 is 5.96 Å². The Balaban J connectivity index is 1.96. The molecule has 0 atom stereocenters.